The van der Waals surface area contributed by atoms with Gasteiger partial charge in [0.25, 0.3) is 0 Å². The van der Waals surface area contributed by atoms with Crippen LogP contribution in [0.15, 0.2) is 59.1 Å². The Morgan fingerprint density at radius 1 is 1.09 bits per heavy atom. The third-order valence-electron chi connectivity index (χ3n) is 4.50. The minimum atomic E-state index is -0.550. The number of methoxy groups -OCH3 is 1. The van der Waals surface area contributed by atoms with E-state index in [0.717, 1.165) is 16.0 Å². The average molecular weight is 519 g/mol. The molecule has 168 valence electrons. The first-order chi connectivity index (χ1) is 15.4. The van der Waals surface area contributed by atoms with Gasteiger partial charge in [0.15, 0.2) is 17.2 Å². The van der Waals surface area contributed by atoms with Crippen molar-refractivity contribution in [2.45, 2.75) is 20.0 Å². The fourth-order valence-corrected chi connectivity index (χ4v) is 4.95. The minimum absolute atomic E-state index is 0.132. The molecular weight excluding hydrogens is 496 g/mol. The molecule has 0 aliphatic rings. The molecule has 0 radical (unpaired) electrons. The minimum Gasteiger partial charge on any atom is -0.486 e. The second-order valence-corrected chi connectivity index (χ2v) is 8.50. The van der Waals surface area contributed by atoms with Gasteiger partial charge in [0.2, 0.25) is 0 Å². The molecule has 0 aliphatic carbocycles. The third-order valence-corrected chi connectivity index (χ3v) is 6.72. The molecule has 3 rings (SSSR count). The van der Waals surface area contributed by atoms with Gasteiger partial charge >= 0.3 is 11.9 Å². The summed E-state index contributed by atoms with van der Waals surface area (Å²) in [7, 11) is 1.30. The van der Waals surface area contributed by atoms with Gasteiger partial charge in [-0.2, -0.15) is 0 Å². The van der Waals surface area contributed by atoms with Crippen LogP contribution in [0.4, 0.5) is 0 Å². The third kappa shape index (κ3) is 5.69. The lowest BCUT2D eigenvalue weighted by atomic mass is 10.1. The van der Waals surface area contributed by atoms with E-state index < -0.39 is 11.9 Å². The molecule has 0 saturated carbocycles. The molecule has 2 aromatic carbocycles. The van der Waals surface area contributed by atoms with Crippen molar-refractivity contribution in [3.8, 4) is 21.9 Å². The predicted molar refractivity (Wildman–Crippen MR) is 126 cm³/mol. The van der Waals surface area contributed by atoms with E-state index in [1.54, 1.807) is 6.92 Å². The maximum atomic E-state index is 12.3. The summed E-state index contributed by atoms with van der Waals surface area (Å²) in [5, 5.41) is 0. The second-order valence-electron chi connectivity index (χ2n) is 6.69. The maximum Gasteiger partial charge on any atom is 0.351 e. The largest absolute Gasteiger partial charge is 0.486 e. The van der Waals surface area contributed by atoms with Gasteiger partial charge in [-0.3, -0.25) is 0 Å². The molecule has 1 unspecified atom stereocenters. The standard InChI is InChI=1S/C24H23BrO6S/c1-4-29-19(26)14-30-21-20(25)22(32-23(21)24(27)28-3)17-11-8-12-18(13-17)31-15(2)16-9-6-5-7-10-16/h5-13,15H,4,14H2,1-3H3. The number of rotatable bonds is 9. The van der Waals surface area contributed by atoms with Crippen LogP contribution in [-0.2, 0) is 14.3 Å². The van der Waals surface area contributed by atoms with E-state index in [9.17, 15) is 9.59 Å². The molecule has 0 N–H and O–H groups in total. The molecule has 1 aromatic heterocycles. The van der Waals surface area contributed by atoms with Crippen LogP contribution in [0.3, 0.4) is 0 Å². The van der Waals surface area contributed by atoms with Gasteiger partial charge in [0.05, 0.1) is 23.1 Å². The van der Waals surface area contributed by atoms with Gasteiger partial charge in [0, 0.05) is 0 Å². The van der Waals surface area contributed by atoms with Crippen LogP contribution < -0.4 is 9.47 Å². The van der Waals surface area contributed by atoms with E-state index >= 15 is 0 Å². The highest BCUT2D eigenvalue weighted by molar-refractivity contribution is 9.10. The molecular formula is C24H23BrO6S. The summed E-state index contributed by atoms with van der Waals surface area (Å²) in [5.74, 6) is -0.138. The number of thiophene rings is 1. The zero-order chi connectivity index (χ0) is 23.1. The van der Waals surface area contributed by atoms with Crippen molar-refractivity contribution in [3.05, 3.63) is 69.5 Å². The highest BCUT2D eigenvalue weighted by Gasteiger charge is 2.25. The molecule has 3 aromatic rings. The van der Waals surface area contributed by atoms with Gasteiger partial charge in [-0.05, 0) is 53.0 Å². The molecule has 0 bridgehead atoms. The summed E-state index contributed by atoms with van der Waals surface area (Å²) in [6, 6.07) is 17.5. The fraction of sp³-hybridized carbons (Fsp3) is 0.250. The normalized spacial score (nSPS) is 11.5. The van der Waals surface area contributed by atoms with Crippen molar-refractivity contribution in [1.29, 1.82) is 0 Å². The molecule has 0 spiro atoms. The first-order valence-corrected chi connectivity index (χ1v) is 11.6. The van der Waals surface area contributed by atoms with Crippen LogP contribution in [-0.4, -0.2) is 32.3 Å². The number of ether oxygens (including phenoxy) is 4. The van der Waals surface area contributed by atoms with Crippen LogP contribution in [0.2, 0.25) is 0 Å². The Kier molecular flexibility index (Phi) is 8.30. The molecule has 8 heteroatoms. The second kappa shape index (κ2) is 11.2. The number of hydrogen-bond acceptors (Lipinski definition) is 7. The predicted octanol–water partition coefficient (Wildman–Crippen LogP) is 6.05. The maximum absolute atomic E-state index is 12.3. The first-order valence-electron chi connectivity index (χ1n) is 9.95. The zero-order valence-electron chi connectivity index (χ0n) is 17.9. The summed E-state index contributed by atoms with van der Waals surface area (Å²) in [4.78, 5) is 25.0. The van der Waals surface area contributed by atoms with Gasteiger partial charge in [-0.1, -0.05) is 42.5 Å². The van der Waals surface area contributed by atoms with Crippen LogP contribution in [0, 0.1) is 0 Å². The molecule has 1 atom stereocenters. The van der Waals surface area contributed by atoms with Crippen molar-refractivity contribution in [1.82, 2.24) is 0 Å². The number of hydrogen-bond donors (Lipinski definition) is 0. The first kappa shape index (κ1) is 23.8. The number of carbonyl (C=O) groups is 2. The zero-order valence-corrected chi connectivity index (χ0v) is 20.3. The van der Waals surface area contributed by atoms with E-state index in [1.807, 2.05) is 61.5 Å². The van der Waals surface area contributed by atoms with Crippen LogP contribution in [0.25, 0.3) is 10.4 Å². The molecule has 0 fully saturated rings. The van der Waals surface area contributed by atoms with Gasteiger partial charge < -0.3 is 18.9 Å². The average Bonchev–Trinajstić information content (AvgIpc) is 3.14. The lowest BCUT2D eigenvalue weighted by Gasteiger charge is -2.15. The Bertz CT molecular complexity index is 1080. The van der Waals surface area contributed by atoms with Crippen molar-refractivity contribution in [2.24, 2.45) is 0 Å². The van der Waals surface area contributed by atoms with E-state index in [2.05, 4.69) is 15.9 Å². The van der Waals surface area contributed by atoms with Crippen molar-refractivity contribution in [2.75, 3.05) is 20.3 Å². The number of benzene rings is 2. The lowest BCUT2D eigenvalue weighted by Crippen LogP contribution is -2.15. The molecule has 6 nitrogen and oxygen atoms in total. The monoisotopic (exact) mass is 518 g/mol. The molecule has 32 heavy (non-hydrogen) atoms. The smallest absolute Gasteiger partial charge is 0.351 e. The van der Waals surface area contributed by atoms with E-state index in [1.165, 1.54) is 18.4 Å². The summed E-state index contributed by atoms with van der Waals surface area (Å²) < 4.78 is 22.1. The van der Waals surface area contributed by atoms with Crippen LogP contribution >= 0.6 is 27.3 Å². The van der Waals surface area contributed by atoms with Crippen LogP contribution in [0.5, 0.6) is 11.5 Å². The van der Waals surface area contributed by atoms with Gasteiger partial charge in [-0.25, -0.2) is 9.59 Å². The highest BCUT2D eigenvalue weighted by atomic mass is 79.9. The highest BCUT2D eigenvalue weighted by Crippen LogP contribution is 2.46. The van der Waals surface area contributed by atoms with E-state index in [-0.39, 0.29) is 29.9 Å². The number of halogens is 1. The van der Waals surface area contributed by atoms with E-state index in [4.69, 9.17) is 18.9 Å². The Morgan fingerprint density at radius 3 is 2.53 bits per heavy atom. The van der Waals surface area contributed by atoms with Crippen molar-refractivity contribution >= 4 is 39.2 Å². The Hall–Kier alpha value is -2.84. The SMILES string of the molecule is CCOC(=O)COc1c(C(=O)OC)sc(-c2cccc(OC(C)c3ccccc3)c2)c1Br. The molecule has 1 heterocycles. The topological polar surface area (TPSA) is 71.1 Å². The summed E-state index contributed by atoms with van der Waals surface area (Å²) in [6.45, 7) is 3.63. The molecule has 0 amide bonds. The fourth-order valence-electron chi connectivity index (χ4n) is 2.98. The summed E-state index contributed by atoms with van der Waals surface area (Å²) >= 11 is 4.73. The van der Waals surface area contributed by atoms with Crippen molar-refractivity contribution in [3.63, 3.8) is 0 Å². The Labute approximate surface area is 199 Å². The Balaban J connectivity index is 1.89. The van der Waals surface area contributed by atoms with Crippen molar-refractivity contribution < 1.29 is 28.5 Å². The number of esters is 2. The van der Waals surface area contributed by atoms with Gasteiger partial charge in [-0.15, -0.1) is 11.3 Å². The van der Waals surface area contributed by atoms with Gasteiger partial charge in [0.1, 0.15) is 11.9 Å². The summed E-state index contributed by atoms with van der Waals surface area (Å²) in [6.07, 6.45) is -0.132. The lowest BCUT2D eigenvalue weighted by molar-refractivity contribution is -0.145. The van der Waals surface area contributed by atoms with E-state index in [0.29, 0.717) is 10.2 Å². The quantitative estimate of drug-likeness (QED) is 0.321. The summed E-state index contributed by atoms with van der Waals surface area (Å²) in [5.41, 5.74) is 1.90. The molecule has 0 aliphatic heterocycles. The Morgan fingerprint density at radius 2 is 1.84 bits per heavy atom. The van der Waals surface area contributed by atoms with Crippen LogP contribution in [0.1, 0.15) is 35.2 Å². The molecule has 0 saturated heterocycles. The number of carbonyl (C=O) groups excluding carboxylic acids is 2.